The van der Waals surface area contributed by atoms with Gasteiger partial charge in [0.1, 0.15) is 0 Å². The van der Waals surface area contributed by atoms with Crippen molar-refractivity contribution in [3.8, 4) is 6.07 Å². The van der Waals surface area contributed by atoms with Crippen LogP contribution in [0.3, 0.4) is 0 Å². The third-order valence-electron chi connectivity index (χ3n) is 2.87. The number of hydrogen-bond acceptors (Lipinski definition) is 5. The van der Waals surface area contributed by atoms with Gasteiger partial charge < -0.3 is 15.4 Å². The lowest BCUT2D eigenvalue weighted by Gasteiger charge is -2.27. The van der Waals surface area contributed by atoms with Gasteiger partial charge in [-0.25, -0.2) is 4.79 Å². The number of carbonyl (C=O) groups is 1. The molecule has 0 aliphatic rings. The zero-order chi connectivity index (χ0) is 15.1. The minimum Gasteiger partial charge on any atom is -0.465 e. The second kappa shape index (κ2) is 7.39. The Bertz CT molecular complexity index is 506. The van der Waals surface area contributed by atoms with Crippen molar-refractivity contribution in [1.29, 1.82) is 5.26 Å². The molecule has 0 aliphatic heterocycles. The molecule has 5 heteroatoms. The van der Waals surface area contributed by atoms with Gasteiger partial charge in [-0.15, -0.1) is 0 Å². The molecule has 0 amide bonds. The summed E-state index contributed by atoms with van der Waals surface area (Å²) in [5.41, 5.74) is 7.83. The fourth-order valence-electron chi connectivity index (χ4n) is 2.02. The van der Waals surface area contributed by atoms with Crippen LogP contribution in [0.25, 0.3) is 0 Å². The smallest absolute Gasteiger partial charge is 0.337 e. The molecular weight excluding hydrogens is 254 g/mol. The largest absolute Gasteiger partial charge is 0.465 e. The molecule has 1 aromatic carbocycles. The molecule has 0 aromatic heterocycles. The van der Waals surface area contributed by atoms with Crippen molar-refractivity contribution in [3.05, 3.63) is 23.8 Å². The Kier molecular flexibility index (Phi) is 5.85. The molecule has 0 heterocycles. The third-order valence-corrected chi connectivity index (χ3v) is 2.87. The van der Waals surface area contributed by atoms with Crippen LogP contribution >= 0.6 is 0 Å². The molecule has 0 atom stereocenters. The number of benzene rings is 1. The quantitative estimate of drug-likeness (QED) is 0.637. The number of nitrogens with zero attached hydrogens (tertiary/aromatic N) is 2. The van der Waals surface area contributed by atoms with E-state index >= 15 is 0 Å². The average Bonchev–Trinajstić information content (AvgIpc) is 2.42. The molecule has 0 radical (unpaired) electrons. The second-order valence-electron chi connectivity index (χ2n) is 5.01. The van der Waals surface area contributed by atoms with E-state index in [4.69, 9.17) is 11.0 Å². The lowest BCUT2D eigenvalue weighted by Crippen LogP contribution is -2.29. The Labute approximate surface area is 119 Å². The number of esters is 1. The maximum absolute atomic E-state index is 11.5. The third kappa shape index (κ3) is 4.16. The maximum atomic E-state index is 11.5. The van der Waals surface area contributed by atoms with Crippen molar-refractivity contribution in [3.63, 3.8) is 0 Å². The van der Waals surface area contributed by atoms with Crippen LogP contribution in [-0.2, 0) is 4.74 Å². The molecule has 5 nitrogen and oxygen atoms in total. The molecule has 2 N–H and O–H groups in total. The van der Waals surface area contributed by atoms with E-state index in [0.717, 1.165) is 12.2 Å². The normalized spacial score (nSPS) is 10.2. The topological polar surface area (TPSA) is 79.3 Å². The van der Waals surface area contributed by atoms with E-state index < -0.39 is 5.97 Å². The molecule has 0 saturated heterocycles. The Hall–Kier alpha value is -2.22. The summed E-state index contributed by atoms with van der Waals surface area (Å²) in [5, 5.41) is 8.75. The number of hydrogen-bond donors (Lipinski definition) is 1. The van der Waals surface area contributed by atoms with Gasteiger partial charge in [0.2, 0.25) is 0 Å². The summed E-state index contributed by atoms with van der Waals surface area (Å²) < 4.78 is 4.67. The number of nitriles is 1. The summed E-state index contributed by atoms with van der Waals surface area (Å²) in [6, 6.07) is 7.25. The van der Waals surface area contributed by atoms with E-state index in [1.807, 2.05) is 0 Å². The number of nitrogen functional groups attached to an aromatic ring is 1. The number of anilines is 2. The molecule has 1 aromatic rings. The van der Waals surface area contributed by atoms with Crippen molar-refractivity contribution >= 4 is 17.3 Å². The van der Waals surface area contributed by atoms with E-state index in [9.17, 15) is 4.79 Å². The van der Waals surface area contributed by atoms with Crippen LogP contribution in [0.5, 0.6) is 0 Å². The standard InChI is InChI=1S/C15H21N3O2/c1-11(2)10-18(8-4-7-16)14-6-5-12(9-13(14)17)15(19)20-3/h5-6,9,11H,4,8,10,17H2,1-3H3. The Morgan fingerprint density at radius 2 is 2.20 bits per heavy atom. The Morgan fingerprint density at radius 3 is 2.70 bits per heavy atom. The molecule has 20 heavy (non-hydrogen) atoms. The summed E-state index contributed by atoms with van der Waals surface area (Å²) in [6.07, 6.45) is 0.435. The highest BCUT2D eigenvalue weighted by molar-refractivity contribution is 5.91. The minimum absolute atomic E-state index is 0.407. The first kappa shape index (κ1) is 15.8. The zero-order valence-electron chi connectivity index (χ0n) is 12.2. The molecule has 0 aliphatic carbocycles. The van der Waals surface area contributed by atoms with E-state index in [-0.39, 0.29) is 0 Å². The number of nitrogens with two attached hydrogens (primary N) is 1. The van der Waals surface area contributed by atoms with Gasteiger partial charge in [0.25, 0.3) is 0 Å². The van der Waals surface area contributed by atoms with E-state index in [1.54, 1.807) is 18.2 Å². The summed E-state index contributed by atoms with van der Waals surface area (Å²) in [5.74, 6) is 0.0454. The first-order valence-electron chi connectivity index (χ1n) is 6.59. The SMILES string of the molecule is COC(=O)c1ccc(N(CCC#N)CC(C)C)c(N)c1. The number of carbonyl (C=O) groups excluding carboxylic acids is 1. The van der Waals surface area contributed by atoms with Crippen molar-refractivity contribution < 1.29 is 9.53 Å². The molecular formula is C15H21N3O2. The fraction of sp³-hybridized carbons (Fsp3) is 0.467. The van der Waals surface area contributed by atoms with Crippen molar-refractivity contribution in [1.82, 2.24) is 0 Å². The maximum Gasteiger partial charge on any atom is 0.337 e. The highest BCUT2D eigenvalue weighted by Gasteiger charge is 2.14. The number of rotatable bonds is 6. The van der Waals surface area contributed by atoms with Crippen LogP contribution in [0.15, 0.2) is 18.2 Å². The van der Waals surface area contributed by atoms with Crippen molar-refractivity contribution in [2.24, 2.45) is 5.92 Å². The highest BCUT2D eigenvalue weighted by Crippen LogP contribution is 2.25. The van der Waals surface area contributed by atoms with Gasteiger partial charge in [0.15, 0.2) is 0 Å². The number of methoxy groups -OCH3 is 1. The second-order valence-corrected chi connectivity index (χ2v) is 5.01. The average molecular weight is 275 g/mol. The van der Waals surface area contributed by atoms with Crippen LogP contribution in [0.4, 0.5) is 11.4 Å². The van der Waals surface area contributed by atoms with Crippen LogP contribution in [0.1, 0.15) is 30.6 Å². The lowest BCUT2D eigenvalue weighted by atomic mass is 10.1. The summed E-state index contributed by atoms with van der Waals surface area (Å²) in [4.78, 5) is 13.5. The van der Waals surface area contributed by atoms with E-state index in [2.05, 4.69) is 29.6 Å². The predicted molar refractivity (Wildman–Crippen MR) is 79.5 cm³/mol. The number of ether oxygens (including phenoxy) is 1. The predicted octanol–water partition coefficient (Wildman–Crippen LogP) is 2.43. The van der Waals surface area contributed by atoms with E-state index in [1.165, 1.54) is 7.11 Å². The van der Waals surface area contributed by atoms with Crippen molar-refractivity contribution in [2.45, 2.75) is 20.3 Å². The fourth-order valence-corrected chi connectivity index (χ4v) is 2.02. The lowest BCUT2D eigenvalue weighted by molar-refractivity contribution is 0.0601. The summed E-state index contributed by atoms with van der Waals surface area (Å²) in [6.45, 7) is 5.65. The van der Waals surface area contributed by atoms with Crippen LogP contribution in [-0.4, -0.2) is 26.2 Å². The molecule has 0 bridgehead atoms. The van der Waals surface area contributed by atoms with Crippen LogP contribution < -0.4 is 10.6 Å². The zero-order valence-corrected chi connectivity index (χ0v) is 12.2. The first-order valence-corrected chi connectivity index (χ1v) is 6.59. The summed E-state index contributed by atoms with van der Waals surface area (Å²) in [7, 11) is 1.34. The summed E-state index contributed by atoms with van der Waals surface area (Å²) >= 11 is 0. The van der Waals surface area contributed by atoms with Gasteiger partial charge >= 0.3 is 5.97 Å². The van der Waals surface area contributed by atoms with Gasteiger partial charge in [-0.1, -0.05) is 13.8 Å². The minimum atomic E-state index is -0.407. The molecule has 0 fully saturated rings. The molecule has 108 valence electrons. The van der Waals surface area contributed by atoms with Gasteiger partial charge in [0.05, 0.1) is 36.5 Å². The van der Waals surface area contributed by atoms with Crippen molar-refractivity contribution in [2.75, 3.05) is 30.8 Å². The highest BCUT2D eigenvalue weighted by atomic mass is 16.5. The van der Waals surface area contributed by atoms with Gasteiger partial charge in [-0.3, -0.25) is 0 Å². The molecule has 0 saturated carbocycles. The first-order chi connectivity index (χ1) is 9.49. The Morgan fingerprint density at radius 1 is 1.50 bits per heavy atom. The van der Waals surface area contributed by atoms with Gasteiger partial charge in [-0.05, 0) is 24.1 Å². The molecule has 0 spiro atoms. The van der Waals surface area contributed by atoms with Crippen LogP contribution in [0.2, 0.25) is 0 Å². The van der Waals surface area contributed by atoms with Crippen LogP contribution in [0, 0.1) is 17.2 Å². The van der Waals surface area contributed by atoms with Gasteiger partial charge in [-0.2, -0.15) is 5.26 Å². The van der Waals surface area contributed by atoms with E-state index in [0.29, 0.717) is 30.1 Å². The Balaban J connectivity index is 3.01. The molecule has 1 rings (SSSR count). The van der Waals surface area contributed by atoms with Gasteiger partial charge in [0, 0.05) is 13.1 Å². The molecule has 0 unspecified atom stereocenters. The monoisotopic (exact) mass is 275 g/mol.